The van der Waals surface area contributed by atoms with Gasteiger partial charge in [-0.25, -0.2) is 4.98 Å². The summed E-state index contributed by atoms with van der Waals surface area (Å²) < 4.78 is 2.17. The third kappa shape index (κ3) is 2.10. The maximum absolute atomic E-state index is 6.36. The minimum Gasteiger partial charge on any atom is -0.321 e. The summed E-state index contributed by atoms with van der Waals surface area (Å²) >= 11 is 0. The molecule has 0 aliphatic rings. The van der Waals surface area contributed by atoms with Crippen LogP contribution in [0.3, 0.4) is 0 Å². The van der Waals surface area contributed by atoms with E-state index in [-0.39, 0.29) is 6.04 Å². The number of para-hydroxylation sites is 3. The number of imidazole rings is 1. The van der Waals surface area contributed by atoms with E-state index in [0.29, 0.717) is 5.92 Å². The van der Waals surface area contributed by atoms with E-state index < -0.39 is 0 Å². The SMILES string of the molecule is CC(C)C(N)c1nc2ccccc2n1-c1ccccc1. The predicted octanol–water partition coefficient (Wildman–Crippen LogP) is 3.68. The highest BCUT2D eigenvalue weighted by Gasteiger charge is 2.20. The van der Waals surface area contributed by atoms with Crippen LogP contribution in [0, 0.1) is 5.92 Å². The van der Waals surface area contributed by atoms with Gasteiger partial charge in [0.1, 0.15) is 5.82 Å². The van der Waals surface area contributed by atoms with Gasteiger partial charge in [0.15, 0.2) is 0 Å². The Morgan fingerprint density at radius 1 is 0.950 bits per heavy atom. The molecule has 3 aromatic rings. The first kappa shape index (κ1) is 12.9. The summed E-state index contributed by atoms with van der Waals surface area (Å²) in [5.41, 5.74) is 9.55. The van der Waals surface area contributed by atoms with Gasteiger partial charge >= 0.3 is 0 Å². The van der Waals surface area contributed by atoms with Crippen LogP contribution in [0.5, 0.6) is 0 Å². The molecule has 1 unspecified atom stereocenters. The lowest BCUT2D eigenvalue weighted by Crippen LogP contribution is -2.21. The zero-order chi connectivity index (χ0) is 14.1. The van der Waals surface area contributed by atoms with Gasteiger partial charge in [0.2, 0.25) is 0 Å². The third-order valence-corrected chi connectivity index (χ3v) is 3.62. The molecule has 0 radical (unpaired) electrons. The zero-order valence-corrected chi connectivity index (χ0v) is 11.8. The summed E-state index contributed by atoms with van der Waals surface area (Å²) in [6.07, 6.45) is 0. The van der Waals surface area contributed by atoms with Crippen LogP contribution in [-0.4, -0.2) is 9.55 Å². The molecule has 0 spiro atoms. The van der Waals surface area contributed by atoms with Crippen molar-refractivity contribution in [1.82, 2.24) is 9.55 Å². The Bertz CT molecular complexity index is 713. The fraction of sp³-hybridized carbons (Fsp3) is 0.235. The van der Waals surface area contributed by atoms with E-state index in [0.717, 1.165) is 22.5 Å². The van der Waals surface area contributed by atoms with E-state index in [9.17, 15) is 0 Å². The molecule has 20 heavy (non-hydrogen) atoms. The van der Waals surface area contributed by atoms with E-state index in [2.05, 4.69) is 36.6 Å². The maximum atomic E-state index is 6.36. The van der Waals surface area contributed by atoms with Crippen molar-refractivity contribution in [2.75, 3.05) is 0 Å². The van der Waals surface area contributed by atoms with Crippen LogP contribution in [-0.2, 0) is 0 Å². The molecule has 3 nitrogen and oxygen atoms in total. The molecule has 2 N–H and O–H groups in total. The lowest BCUT2D eigenvalue weighted by Gasteiger charge is -2.17. The molecular weight excluding hydrogens is 246 g/mol. The molecule has 102 valence electrons. The van der Waals surface area contributed by atoms with E-state index in [4.69, 9.17) is 10.7 Å². The van der Waals surface area contributed by atoms with E-state index in [1.807, 2.05) is 36.4 Å². The number of hydrogen-bond acceptors (Lipinski definition) is 2. The lowest BCUT2D eigenvalue weighted by atomic mass is 10.0. The summed E-state index contributed by atoms with van der Waals surface area (Å²) in [5, 5.41) is 0. The van der Waals surface area contributed by atoms with Crippen molar-refractivity contribution in [3.63, 3.8) is 0 Å². The molecule has 2 aromatic carbocycles. The molecule has 0 aliphatic carbocycles. The average molecular weight is 265 g/mol. The molecule has 1 atom stereocenters. The number of fused-ring (bicyclic) bond motifs is 1. The van der Waals surface area contributed by atoms with E-state index >= 15 is 0 Å². The minimum absolute atomic E-state index is 0.0809. The number of rotatable bonds is 3. The molecule has 0 fully saturated rings. The van der Waals surface area contributed by atoms with Crippen molar-refractivity contribution in [3.8, 4) is 5.69 Å². The van der Waals surface area contributed by atoms with Crippen LogP contribution >= 0.6 is 0 Å². The van der Waals surface area contributed by atoms with Gasteiger partial charge in [-0.2, -0.15) is 0 Å². The van der Waals surface area contributed by atoms with Gasteiger partial charge in [0.05, 0.1) is 17.1 Å². The summed E-state index contributed by atoms with van der Waals surface area (Å²) in [7, 11) is 0. The highest BCUT2D eigenvalue weighted by atomic mass is 15.1. The van der Waals surface area contributed by atoms with E-state index in [1.54, 1.807) is 0 Å². The fourth-order valence-electron chi connectivity index (χ4n) is 2.41. The molecule has 0 bridgehead atoms. The summed E-state index contributed by atoms with van der Waals surface area (Å²) in [5.74, 6) is 1.27. The third-order valence-electron chi connectivity index (χ3n) is 3.62. The highest BCUT2D eigenvalue weighted by Crippen LogP contribution is 2.27. The topological polar surface area (TPSA) is 43.8 Å². The second kappa shape index (κ2) is 5.10. The van der Waals surface area contributed by atoms with Crippen LogP contribution < -0.4 is 5.73 Å². The molecule has 0 aliphatic heterocycles. The van der Waals surface area contributed by atoms with Crippen LogP contribution in [0.15, 0.2) is 54.6 Å². The summed E-state index contributed by atoms with van der Waals surface area (Å²) in [6, 6.07) is 18.4. The smallest absolute Gasteiger partial charge is 0.131 e. The number of benzene rings is 2. The predicted molar refractivity (Wildman–Crippen MR) is 82.8 cm³/mol. The number of aromatic nitrogens is 2. The Kier molecular flexibility index (Phi) is 3.28. The molecule has 0 amide bonds. The summed E-state index contributed by atoms with van der Waals surface area (Å²) in [6.45, 7) is 4.25. The monoisotopic (exact) mass is 265 g/mol. The quantitative estimate of drug-likeness (QED) is 0.785. The van der Waals surface area contributed by atoms with E-state index in [1.165, 1.54) is 0 Å². The highest BCUT2D eigenvalue weighted by molar-refractivity contribution is 5.78. The van der Waals surface area contributed by atoms with Gasteiger partial charge in [0, 0.05) is 5.69 Å². The molecular formula is C17H19N3. The number of nitrogens with two attached hydrogens (primary N) is 1. The first-order valence-corrected chi connectivity index (χ1v) is 6.97. The Morgan fingerprint density at radius 2 is 1.60 bits per heavy atom. The van der Waals surface area contributed by atoms with Gasteiger partial charge in [0.25, 0.3) is 0 Å². The minimum atomic E-state index is -0.0809. The first-order chi connectivity index (χ1) is 9.68. The molecule has 0 saturated heterocycles. The van der Waals surface area contributed by atoms with Crippen molar-refractivity contribution in [2.45, 2.75) is 19.9 Å². The molecule has 1 heterocycles. The number of hydrogen-bond donors (Lipinski definition) is 1. The van der Waals surface area contributed by atoms with Crippen LogP contribution in [0.2, 0.25) is 0 Å². The summed E-state index contributed by atoms with van der Waals surface area (Å²) in [4.78, 5) is 4.75. The molecule has 3 rings (SSSR count). The van der Waals surface area contributed by atoms with Gasteiger partial charge < -0.3 is 5.73 Å². The van der Waals surface area contributed by atoms with Gasteiger partial charge in [-0.3, -0.25) is 4.57 Å². The Balaban J connectivity index is 2.29. The standard InChI is InChI=1S/C17H19N3/c1-12(2)16(18)17-19-14-10-6-7-11-15(14)20(17)13-8-4-3-5-9-13/h3-12,16H,18H2,1-2H3. The fourth-order valence-corrected chi connectivity index (χ4v) is 2.41. The maximum Gasteiger partial charge on any atom is 0.131 e. The van der Waals surface area contributed by atoms with Crippen LogP contribution in [0.1, 0.15) is 25.7 Å². The van der Waals surface area contributed by atoms with Crippen LogP contribution in [0.25, 0.3) is 16.7 Å². The Hall–Kier alpha value is -2.13. The second-order valence-electron chi connectivity index (χ2n) is 5.40. The normalized spacial score (nSPS) is 13.0. The average Bonchev–Trinajstić information content (AvgIpc) is 2.86. The molecule has 0 saturated carbocycles. The first-order valence-electron chi connectivity index (χ1n) is 6.97. The number of nitrogens with zero attached hydrogens (tertiary/aromatic N) is 2. The largest absolute Gasteiger partial charge is 0.321 e. The van der Waals surface area contributed by atoms with Crippen molar-refractivity contribution in [2.24, 2.45) is 11.7 Å². The van der Waals surface area contributed by atoms with Gasteiger partial charge in [-0.15, -0.1) is 0 Å². The Morgan fingerprint density at radius 3 is 2.30 bits per heavy atom. The zero-order valence-electron chi connectivity index (χ0n) is 11.8. The van der Waals surface area contributed by atoms with Crippen molar-refractivity contribution in [3.05, 3.63) is 60.4 Å². The van der Waals surface area contributed by atoms with Crippen LogP contribution in [0.4, 0.5) is 0 Å². The van der Waals surface area contributed by atoms with Gasteiger partial charge in [-0.1, -0.05) is 44.2 Å². The van der Waals surface area contributed by atoms with Crippen molar-refractivity contribution < 1.29 is 0 Å². The lowest BCUT2D eigenvalue weighted by molar-refractivity contribution is 0.487. The van der Waals surface area contributed by atoms with Crippen molar-refractivity contribution >= 4 is 11.0 Å². The molecule has 1 aromatic heterocycles. The van der Waals surface area contributed by atoms with Crippen molar-refractivity contribution in [1.29, 1.82) is 0 Å². The molecule has 3 heteroatoms. The van der Waals surface area contributed by atoms with Gasteiger partial charge in [-0.05, 0) is 30.2 Å². The second-order valence-corrected chi connectivity index (χ2v) is 5.40. The Labute approximate surface area is 119 Å².